The third-order valence-electron chi connectivity index (χ3n) is 3.63. The number of nitrogens with zero attached hydrogens (tertiary/aromatic N) is 3. The number of anilines is 1. The van der Waals surface area contributed by atoms with Crippen LogP contribution in [0.5, 0.6) is 0 Å². The Kier molecular flexibility index (Phi) is 6.87. The number of carbonyl (C=O) groups excluding carboxylic acids is 2. The lowest BCUT2D eigenvalue weighted by atomic mass is 10.2. The van der Waals surface area contributed by atoms with Crippen molar-refractivity contribution in [1.29, 1.82) is 0 Å². The number of carbonyl (C=O) groups is 2. The summed E-state index contributed by atoms with van der Waals surface area (Å²) in [6.07, 6.45) is 0. The number of non-ortho nitro benzene ring substituents is 1. The normalized spacial score (nSPS) is 10.3. The molecule has 0 unspecified atom stereocenters. The van der Waals surface area contributed by atoms with E-state index < -0.39 is 10.8 Å². The number of nitrogens with one attached hydrogen (secondary N) is 2. The van der Waals surface area contributed by atoms with Gasteiger partial charge in [-0.2, -0.15) is 0 Å². The Bertz CT molecular complexity index is 1010. The van der Waals surface area contributed by atoms with E-state index >= 15 is 0 Å². The lowest BCUT2D eigenvalue weighted by Gasteiger charge is -2.03. The van der Waals surface area contributed by atoms with E-state index in [1.807, 2.05) is 30.3 Å². The van der Waals surface area contributed by atoms with Crippen LogP contribution in [0.15, 0.2) is 58.9 Å². The first-order valence-corrected chi connectivity index (χ1v) is 10.1. The quantitative estimate of drug-likeness (QED) is 0.244. The standard InChI is InChI=1S/C18H15N5O4S2/c24-15(19-10-12-4-2-1-3-5-12)11-28-18-22-21-17(29-18)20-16(25)13-6-8-14(9-7-13)23(26)27/h1-9H,10-11H2,(H,19,24)(H,20,21,25). The molecule has 0 saturated heterocycles. The van der Waals surface area contributed by atoms with Crippen molar-refractivity contribution in [3.63, 3.8) is 0 Å². The molecule has 2 aromatic carbocycles. The van der Waals surface area contributed by atoms with Gasteiger partial charge >= 0.3 is 0 Å². The van der Waals surface area contributed by atoms with Crippen molar-refractivity contribution in [2.75, 3.05) is 11.1 Å². The van der Waals surface area contributed by atoms with Crippen LogP contribution in [0.1, 0.15) is 15.9 Å². The average Bonchev–Trinajstić information content (AvgIpc) is 3.18. The second-order valence-electron chi connectivity index (χ2n) is 5.68. The first-order chi connectivity index (χ1) is 14.0. The molecule has 0 aliphatic rings. The number of nitro groups is 1. The molecular weight excluding hydrogens is 414 g/mol. The summed E-state index contributed by atoms with van der Waals surface area (Å²) in [5.74, 6) is -0.406. The number of nitro benzene ring substituents is 1. The third-order valence-corrected chi connectivity index (χ3v) is 5.60. The molecule has 0 bridgehead atoms. The summed E-state index contributed by atoms with van der Waals surface area (Å²) in [4.78, 5) is 34.2. The molecule has 0 aliphatic heterocycles. The molecule has 0 saturated carbocycles. The third kappa shape index (κ3) is 6.09. The zero-order chi connectivity index (χ0) is 20.6. The largest absolute Gasteiger partial charge is 0.351 e. The smallest absolute Gasteiger partial charge is 0.269 e. The zero-order valence-corrected chi connectivity index (χ0v) is 16.5. The van der Waals surface area contributed by atoms with Crippen LogP contribution in [-0.4, -0.2) is 32.7 Å². The summed E-state index contributed by atoms with van der Waals surface area (Å²) in [5.41, 5.74) is 1.18. The SMILES string of the molecule is O=C(CSc1nnc(NC(=O)c2ccc([N+](=O)[O-])cc2)s1)NCc1ccccc1. The summed E-state index contributed by atoms with van der Waals surface area (Å²) >= 11 is 2.36. The summed E-state index contributed by atoms with van der Waals surface area (Å²) in [6, 6.07) is 14.8. The molecule has 2 amide bonds. The van der Waals surface area contributed by atoms with Gasteiger partial charge < -0.3 is 5.32 Å². The Morgan fingerprint density at radius 1 is 1.07 bits per heavy atom. The molecular formula is C18H15N5O4S2. The van der Waals surface area contributed by atoms with Crippen LogP contribution in [0.3, 0.4) is 0 Å². The minimum atomic E-state index is -0.536. The van der Waals surface area contributed by atoms with Crippen LogP contribution in [0.4, 0.5) is 10.8 Å². The maximum atomic E-state index is 12.2. The van der Waals surface area contributed by atoms with Gasteiger partial charge in [-0.1, -0.05) is 53.4 Å². The zero-order valence-electron chi connectivity index (χ0n) is 14.9. The minimum Gasteiger partial charge on any atom is -0.351 e. The van der Waals surface area contributed by atoms with Crippen molar-refractivity contribution < 1.29 is 14.5 Å². The number of rotatable bonds is 8. The minimum absolute atomic E-state index is 0.0957. The number of hydrogen-bond donors (Lipinski definition) is 2. The maximum Gasteiger partial charge on any atom is 0.269 e. The van der Waals surface area contributed by atoms with E-state index in [1.54, 1.807) is 0 Å². The number of hydrogen-bond acceptors (Lipinski definition) is 8. The molecule has 29 heavy (non-hydrogen) atoms. The van der Waals surface area contributed by atoms with Crippen molar-refractivity contribution in [1.82, 2.24) is 15.5 Å². The Hall–Kier alpha value is -3.31. The Morgan fingerprint density at radius 2 is 1.79 bits per heavy atom. The number of benzene rings is 2. The molecule has 0 atom stereocenters. The van der Waals surface area contributed by atoms with Gasteiger partial charge in [0, 0.05) is 24.2 Å². The van der Waals surface area contributed by atoms with Crippen molar-refractivity contribution in [3.8, 4) is 0 Å². The van der Waals surface area contributed by atoms with E-state index in [-0.39, 0.29) is 28.0 Å². The van der Waals surface area contributed by atoms with Gasteiger partial charge in [-0.25, -0.2) is 0 Å². The van der Waals surface area contributed by atoms with Gasteiger partial charge in [-0.05, 0) is 17.7 Å². The van der Waals surface area contributed by atoms with Crippen LogP contribution in [-0.2, 0) is 11.3 Å². The fourth-order valence-corrected chi connectivity index (χ4v) is 3.77. The molecule has 1 heterocycles. The molecule has 0 aliphatic carbocycles. The van der Waals surface area contributed by atoms with E-state index in [1.165, 1.54) is 36.0 Å². The lowest BCUT2D eigenvalue weighted by molar-refractivity contribution is -0.384. The lowest BCUT2D eigenvalue weighted by Crippen LogP contribution is -2.24. The Balaban J connectivity index is 1.46. The summed E-state index contributed by atoms with van der Waals surface area (Å²) < 4.78 is 0.541. The van der Waals surface area contributed by atoms with Crippen molar-refractivity contribution in [2.24, 2.45) is 0 Å². The van der Waals surface area contributed by atoms with Crippen molar-refractivity contribution in [3.05, 3.63) is 75.8 Å². The van der Waals surface area contributed by atoms with Gasteiger partial charge in [-0.15, -0.1) is 10.2 Å². The summed E-state index contributed by atoms with van der Waals surface area (Å²) in [6.45, 7) is 0.451. The number of thioether (sulfide) groups is 1. The molecule has 2 N–H and O–H groups in total. The molecule has 1 aromatic heterocycles. The molecule has 0 spiro atoms. The number of amides is 2. The summed E-state index contributed by atoms with van der Waals surface area (Å²) in [7, 11) is 0. The average molecular weight is 429 g/mol. The van der Waals surface area contributed by atoms with Crippen molar-refractivity contribution >= 4 is 45.7 Å². The number of aromatic nitrogens is 2. The first kappa shape index (κ1) is 20.4. The van der Waals surface area contributed by atoms with E-state index in [0.29, 0.717) is 10.9 Å². The highest BCUT2D eigenvalue weighted by Crippen LogP contribution is 2.25. The molecule has 0 radical (unpaired) electrons. The molecule has 148 valence electrons. The van der Waals surface area contributed by atoms with Gasteiger partial charge in [0.05, 0.1) is 10.7 Å². The molecule has 11 heteroatoms. The fraction of sp³-hybridized carbons (Fsp3) is 0.111. The van der Waals surface area contributed by atoms with E-state index in [2.05, 4.69) is 20.8 Å². The second kappa shape index (κ2) is 9.75. The van der Waals surface area contributed by atoms with Gasteiger partial charge in [-0.3, -0.25) is 25.0 Å². The highest BCUT2D eigenvalue weighted by molar-refractivity contribution is 8.01. The van der Waals surface area contributed by atoms with E-state index in [4.69, 9.17) is 0 Å². The van der Waals surface area contributed by atoms with Crippen LogP contribution in [0, 0.1) is 10.1 Å². The highest BCUT2D eigenvalue weighted by atomic mass is 32.2. The van der Waals surface area contributed by atoms with Gasteiger partial charge in [0.25, 0.3) is 11.6 Å². The van der Waals surface area contributed by atoms with Gasteiger partial charge in [0.15, 0.2) is 4.34 Å². The van der Waals surface area contributed by atoms with Crippen LogP contribution in [0.25, 0.3) is 0 Å². The topological polar surface area (TPSA) is 127 Å². The Morgan fingerprint density at radius 3 is 2.48 bits per heavy atom. The highest BCUT2D eigenvalue weighted by Gasteiger charge is 2.13. The van der Waals surface area contributed by atoms with Crippen LogP contribution >= 0.6 is 23.1 Å². The molecule has 0 fully saturated rings. The fourth-order valence-electron chi connectivity index (χ4n) is 2.20. The van der Waals surface area contributed by atoms with Gasteiger partial charge in [0.1, 0.15) is 0 Å². The second-order valence-corrected chi connectivity index (χ2v) is 7.88. The summed E-state index contributed by atoms with van der Waals surface area (Å²) in [5, 5.41) is 24.2. The van der Waals surface area contributed by atoms with Crippen molar-refractivity contribution in [2.45, 2.75) is 10.9 Å². The van der Waals surface area contributed by atoms with E-state index in [9.17, 15) is 19.7 Å². The van der Waals surface area contributed by atoms with Crippen LogP contribution in [0.2, 0.25) is 0 Å². The van der Waals surface area contributed by atoms with Gasteiger partial charge in [0.2, 0.25) is 11.0 Å². The van der Waals surface area contributed by atoms with E-state index in [0.717, 1.165) is 16.9 Å². The molecule has 3 aromatic rings. The monoisotopic (exact) mass is 429 g/mol. The Labute approximate surface area is 173 Å². The first-order valence-electron chi connectivity index (χ1n) is 8.34. The molecule has 3 rings (SSSR count). The van der Waals surface area contributed by atoms with Crippen LogP contribution < -0.4 is 10.6 Å². The maximum absolute atomic E-state index is 12.2. The predicted molar refractivity (Wildman–Crippen MR) is 110 cm³/mol. The predicted octanol–water partition coefficient (Wildman–Crippen LogP) is 3.11. The molecule has 9 nitrogen and oxygen atoms in total.